The molecule has 0 bridgehead atoms. The van der Waals surface area contributed by atoms with Gasteiger partial charge in [-0.05, 0) is 38.1 Å². The number of nitrogens with one attached hydrogen (secondary N) is 1. The van der Waals surface area contributed by atoms with Crippen molar-refractivity contribution in [2.75, 3.05) is 19.7 Å². The Balaban J connectivity index is 1.68. The van der Waals surface area contributed by atoms with Gasteiger partial charge in [0.2, 0.25) is 0 Å². The van der Waals surface area contributed by atoms with E-state index in [1.807, 2.05) is 6.07 Å². The van der Waals surface area contributed by atoms with Crippen molar-refractivity contribution in [2.24, 2.45) is 0 Å². The number of rotatable bonds is 4. The molecule has 0 unspecified atom stereocenters. The van der Waals surface area contributed by atoms with E-state index >= 15 is 0 Å². The molecule has 0 radical (unpaired) electrons. The number of H-pyrrole nitrogens is 1. The molecule has 4 rings (SSSR count). The summed E-state index contributed by atoms with van der Waals surface area (Å²) in [4.78, 5) is 14.3. The van der Waals surface area contributed by atoms with Crippen LogP contribution in [0, 0.1) is 11.3 Å². The second-order valence-corrected chi connectivity index (χ2v) is 6.47. The third-order valence-corrected chi connectivity index (χ3v) is 5.04. The minimum Gasteiger partial charge on any atom is -0.491 e. The molecule has 0 aromatic carbocycles. The summed E-state index contributed by atoms with van der Waals surface area (Å²) < 4.78 is 6.23. The quantitative estimate of drug-likeness (QED) is 0.792. The van der Waals surface area contributed by atoms with Gasteiger partial charge in [0, 0.05) is 17.6 Å². The molecule has 0 amide bonds. The van der Waals surface area contributed by atoms with Gasteiger partial charge in [0.1, 0.15) is 29.8 Å². The van der Waals surface area contributed by atoms with Crippen molar-refractivity contribution in [3.8, 4) is 11.8 Å². The molecule has 25 heavy (non-hydrogen) atoms. The van der Waals surface area contributed by atoms with Crippen LogP contribution >= 0.6 is 0 Å². The second-order valence-electron chi connectivity index (χ2n) is 6.47. The van der Waals surface area contributed by atoms with Crippen molar-refractivity contribution < 1.29 is 4.74 Å². The molecule has 6 heteroatoms. The number of likely N-dealkylation sites (tertiary alicyclic amines) is 1. The largest absolute Gasteiger partial charge is 0.491 e. The van der Waals surface area contributed by atoms with Crippen molar-refractivity contribution in [2.45, 2.75) is 32.2 Å². The Labute approximate surface area is 146 Å². The summed E-state index contributed by atoms with van der Waals surface area (Å²) in [7, 11) is 0. The van der Waals surface area contributed by atoms with E-state index in [1.165, 1.54) is 19.3 Å². The maximum absolute atomic E-state index is 9.13. The Bertz CT molecular complexity index is 942. The highest BCUT2D eigenvalue weighted by Gasteiger charge is 2.22. The number of likely N-dealkylation sites (N-methyl/N-ethyl adjacent to an activating group) is 1. The standard InChI is InChI=1S/C19H21N5O/c1-2-24-8-4-3-5-14(24)12-25-17-6-7-21-19-18(17)15-9-13(10-20)22-11-16(15)23-19/h6-7,9,11,14H,2-5,8,12H2,1H3,(H,21,23)/t14-/m1/s1. The molecule has 1 fully saturated rings. The number of piperidine rings is 1. The fraction of sp³-hybridized carbons (Fsp3) is 0.421. The van der Waals surface area contributed by atoms with Gasteiger partial charge in [0.15, 0.2) is 0 Å². The predicted molar refractivity (Wildman–Crippen MR) is 96.5 cm³/mol. The van der Waals surface area contributed by atoms with Crippen LogP contribution in [0.4, 0.5) is 0 Å². The number of aromatic nitrogens is 3. The first kappa shape index (κ1) is 15.9. The zero-order valence-electron chi connectivity index (χ0n) is 14.3. The van der Waals surface area contributed by atoms with Gasteiger partial charge in [-0.3, -0.25) is 4.90 Å². The number of nitrogens with zero attached hydrogens (tertiary/aromatic N) is 4. The number of hydrogen-bond donors (Lipinski definition) is 1. The molecule has 3 aromatic heterocycles. The summed E-state index contributed by atoms with van der Waals surface area (Å²) in [6.45, 7) is 5.10. The van der Waals surface area contributed by atoms with Crippen molar-refractivity contribution in [3.63, 3.8) is 0 Å². The molecule has 4 heterocycles. The monoisotopic (exact) mass is 335 g/mol. The number of fused-ring (bicyclic) bond motifs is 3. The Morgan fingerprint density at radius 3 is 3.16 bits per heavy atom. The van der Waals surface area contributed by atoms with E-state index in [1.54, 1.807) is 18.5 Å². The number of hydrogen-bond acceptors (Lipinski definition) is 5. The van der Waals surface area contributed by atoms with Gasteiger partial charge in [0.25, 0.3) is 0 Å². The number of pyridine rings is 2. The van der Waals surface area contributed by atoms with E-state index in [-0.39, 0.29) is 0 Å². The molecule has 0 saturated carbocycles. The number of aromatic amines is 1. The topological polar surface area (TPSA) is 77.8 Å². The average Bonchev–Trinajstić information content (AvgIpc) is 3.04. The minimum atomic E-state index is 0.396. The predicted octanol–water partition coefficient (Wildman–Crippen LogP) is 3.24. The van der Waals surface area contributed by atoms with E-state index in [9.17, 15) is 0 Å². The van der Waals surface area contributed by atoms with E-state index in [0.29, 0.717) is 18.3 Å². The zero-order chi connectivity index (χ0) is 17.2. The average molecular weight is 335 g/mol. The van der Waals surface area contributed by atoms with Gasteiger partial charge < -0.3 is 9.72 Å². The maximum atomic E-state index is 9.13. The normalized spacial score (nSPS) is 18.5. The van der Waals surface area contributed by atoms with E-state index in [0.717, 1.165) is 40.8 Å². The lowest BCUT2D eigenvalue weighted by Crippen LogP contribution is -2.42. The maximum Gasteiger partial charge on any atom is 0.142 e. The van der Waals surface area contributed by atoms with Gasteiger partial charge in [-0.25, -0.2) is 9.97 Å². The summed E-state index contributed by atoms with van der Waals surface area (Å²) in [5.41, 5.74) is 2.03. The lowest BCUT2D eigenvalue weighted by Gasteiger charge is -2.34. The van der Waals surface area contributed by atoms with Crippen LogP contribution in [0.15, 0.2) is 24.5 Å². The van der Waals surface area contributed by atoms with Crippen molar-refractivity contribution >= 4 is 21.9 Å². The third kappa shape index (κ3) is 2.92. The summed E-state index contributed by atoms with van der Waals surface area (Å²) >= 11 is 0. The van der Waals surface area contributed by atoms with Crippen molar-refractivity contribution in [3.05, 3.63) is 30.2 Å². The number of nitriles is 1. The molecule has 1 N–H and O–H groups in total. The Morgan fingerprint density at radius 1 is 1.40 bits per heavy atom. The zero-order valence-corrected chi connectivity index (χ0v) is 14.3. The fourth-order valence-corrected chi connectivity index (χ4v) is 3.72. The molecule has 6 nitrogen and oxygen atoms in total. The highest BCUT2D eigenvalue weighted by Crippen LogP contribution is 2.32. The highest BCUT2D eigenvalue weighted by atomic mass is 16.5. The van der Waals surface area contributed by atoms with Crippen LogP contribution in [0.3, 0.4) is 0 Å². The van der Waals surface area contributed by atoms with Gasteiger partial charge in [-0.1, -0.05) is 13.3 Å². The van der Waals surface area contributed by atoms with Gasteiger partial charge >= 0.3 is 0 Å². The molecule has 1 atom stereocenters. The smallest absolute Gasteiger partial charge is 0.142 e. The lowest BCUT2D eigenvalue weighted by molar-refractivity contribution is 0.106. The van der Waals surface area contributed by atoms with Crippen LogP contribution in [0.2, 0.25) is 0 Å². The fourth-order valence-electron chi connectivity index (χ4n) is 3.72. The Hall–Kier alpha value is -2.65. The highest BCUT2D eigenvalue weighted by molar-refractivity contribution is 6.09. The molecule has 1 aliphatic rings. The lowest BCUT2D eigenvalue weighted by atomic mass is 10.0. The molecular weight excluding hydrogens is 314 g/mol. The second kappa shape index (κ2) is 6.69. The molecule has 0 spiro atoms. The van der Waals surface area contributed by atoms with Gasteiger partial charge in [-0.15, -0.1) is 0 Å². The molecule has 1 saturated heterocycles. The van der Waals surface area contributed by atoms with Gasteiger partial charge in [-0.2, -0.15) is 5.26 Å². The summed E-state index contributed by atoms with van der Waals surface area (Å²) in [6.07, 6.45) is 7.15. The first-order valence-electron chi connectivity index (χ1n) is 8.83. The van der Waals surface area contributed by atoms with E-state index in [2.05, 4.69) is 32.8 Å². The molecule has 0 aliphatic carbocycles. The summed E-state index contributed by atoms with van der Waals surface area (Å²) in [5.74, 6) is 0.813. The van der Waals surface area contributed by atoms with Crippen LogP contribution in [-0.2, 0) is 0 Å². The molecular formula is C19H21N5O. The summed E-state index contributed by atoms with van der Waals surface area (Å²) in [6, 6.07) is 6.26. The Kier molecular flexibility index (Phi) is 4.24. The van der Waals surface area contributed by atoms with Crippen molar-refractivity contribution in [1.29, 1.82) is 5.26 Å². The van der Waals surface area contributed by atoms with Crippen molar-refractivity contribution in [1.82, 2.24) is 19.9 Å². The third-order valence-electron chi connectivity index (χ3n) is 5.04. The van der Waals surface area contributed by atoms with Gasteiger partial charge in [0.05, 0.1) is 17.1 Å². The van der Waals surface area contributed by atoms with E-state index < -0.39 is 0 Å². The molecule has 3 aromatic rings. The molecule has 1 aliphatic heterocycles. The minimum absolute atomic E-state index is 0.396. The Morgan fingerprint density at radius 2 is 2.32 bits per heavy atom. The number of ether oxygens (including phenoxy) is 1. The van der Waals surface area contributed by atoms with Crippen LogP contribution in [0.5, 0.6) is 5.75 Å². The SMILES string of the molecule is CCN1CCCC[C@@H]1COc1ccnc2[nH]c3cnc(C#N)cc3c12. The molecule has 128 valence electrons. The van der Waals surface area contributed by atoms with Crippen LogP contribution in [-0.4, -0.2) is 45.6 Å². The van der Waals surface area contributed by atoms with Crippen LogP contribution in [0.1, 0.15) is 31.9 Å². The first-order chi connectivity index (χ1) is 12.3. The van der Waals surface area contributed by atoms with E-state index in [4.69, 9.17) is 10.00 Å². The van der Waals surface area contributed by atoms with Crippen LogP contribution in [0.25, 0.3) is 21.9 Å². The first-order valence-corrected chi connectivity index (χ1v) is 8.83. The van der Waals surface area contributed by atoms with Crippen LogP contribution < -0.4 is 4.74 Å². The summed E-state index contributed by atoms with van der Waals surface area (Å²) in [5, 5.41) is 11.0.